The van der Waals surface area contributed by atoms with Crippen LogP contribution in [0, 0.1) is 0 Å². The van der Waals surface area contributed by atoms with E-state index in [0.29, 0.717) is 12.8 Å². The van der Waals surface area contributed by atoms with Crippen LogP contribution in [0.15, 0.2) is 48.5 Å². The number of aromatic nitrogens is 1. The van der Waals surface area contributed by atoms with Crippen LogP contribution in [-0.2, 0) is 19.0 Å². The summed E-state index contributed by atoms with van der Waals surface area (Å²) < 4.78 is 37.8. The van der Waals surface area contributed by atoms with Gasteiger partial charge in [0.2, 0.25) is 0 Å². The van der Waals surface area contributed by atoms with Crippen molar-refractivity contribution in [2.75, 3.05) is 0 Å². The van der Waals surface area contributed by atoms with E-state index in [1.54, 1.807) is 0 Å². The maximum absolute atomic E-state index is 12.6. The van der Waals surface area contributed by atoms with E-state index in [-0.39, 0.29) is 17.5 Å². The minimum absolute atomic E-state index is 0.0550. The van der Waals surface area contributed by atoms with E-state index < -0.39 is 11.7 Å². The predicted octanol–water partition coefficient (Wildman–Crippen LogP) is 4.08. The molecule has 0 saturated heterocycles. The lowest BCUT2D eigenvalue weighted by atomic mass is 10.1. The second-order valence-corrected chi connectivity index (χ2v) is 6.28. The normalized spacial score (nSPS) is 16.8. The van der Waals surface area contributed by atoms with Crippen molar-refractivity contribution in [3.63, 3.8) is 0 Å². The van der Waals surface area contributed by atoms with E-state index in [2.05, 4.69) is 10.3 Å². The highest BCUT2D eigenvalue weighted by atomic mass is 19.4. The summed E-state index contributed by atoms with van der Waals surface area (Å²) in [7, 11) is 0. The Morgan fingerprint density at radius 1 is 1.04 bits per heavy atom. The monoisotopic (exact) mass is 344 g/mol. The van der Waals surface area contributed by atoms with E-state index in [1.165, 1.54) is 17.7 Å². The zero-order chi connectivity index (χ0) is 17.6. The average molecular weight is 344 g/mol. The first-order valence-electron chi connectivity index (χ1n) is 7.98. The van der Waals surface area contributed by atoms with Crippen LogP contribution in [0.1, 0.15) is 27.2 Å². The molecule has 6 heteroatoms. The molecule has 1 atom stereocenters. The number of benzene rings is 2. The minimum Gasteiger partial charge on any atom is -0.358 e. The van der Waals surface area contributed by atoms with Crippen LogP contribution < -0.4 is 5.32 Å². The quantitative estimate of drug-likeness (QED) is 0.723. The molecule has 0 fully saturated rings. The molecular formula is C19H15F3N2O. The number of amides is 1. The van der Waals surface area contributed by atoms with E-state index in [4.69, 9.17) is 0 Å². The largest absolute Gasteiger partial charge is 0.416 e. The van der Waals surface area contributed by atoms with Gasteiger partial charge in [-0.2, -0.15) is 13.2 Å². The molecule has 3 aromatic rings. The smallest absolute Gasteiger partial charge is 0.358 e. The predicted molar refractivity (Wildman–Crippen MR) is 88.4 cm³/mol. The van der Waals surface area contributed by atoms with Gasteiger partial charge in [-0.15, -0.1) is 0 Å². The number of hydrogen-bond acceptors (Lipinski definition) is 1. The Balaban J connectivity index is 1.47. The summed E-state index contributed by atoms with van der Waals surface area (Å²) in [5.74, 6) is -0.354. The molecule has 1 aliphatic carbocycles. The van der Waals surface area contributed by atoms with Crippen LogP contribution in [0.2, 0.25) is 0 Å². The van der Waals surface area contributed by atoms with Gasteiger partial charge in [-0.05, 0) is 42.3 Å². The van der Waals surface area contributed by atoms with Crippen molar-refractivity contribution in [1.82, 2.24) is 10.3 Å². The van der Waals surface area contributed by atoms with Crippen molar-refractivity contribution in [1.29, 1.82) is 0 Å². The Morgan fingerprint density at radius 3 is 2.48 bits per heavy atom. The fraction of sp³-hybridized carbons (Fsp3) is 0.211. The van der Waals surface area contributed by atoms with Crippen molar-refractivity contribution in [3.8, 4) is 0 Å². The molecule has 2 N–H and O–H groups in total. The van der Waals surface area contributed by atoms with Crippen LogP contribution in [-0.4, -0.2) is 16.9 Å². The van der Waals surface area contributed by atoms with Crippen molar-refractivity contribution < 1.29 is 18.0 Å². The highest BCUT2D eigenvalue weighted by Gasteiger charge is 2.31. The second-order valence-electron chi connectivity index (χ2n) is 6.28. The Labute approximate surface area is 141 Å². The average Bonchev–Trinajstić information content (AvgIpc) is 3.11. The lowest BCUT2D eigenvalue weighted by Crippen LogP contribution is -2.35. The van der Waals surface area contributed by atoms with Crippen LogP contribution in [0.5, 0.6) is 0 Å². The number of para-hydroxylation sites is 1. The molecule has 0 saturated carbocycles. The van der Waals surface area contributed by atoms with E-state index >= 15 is 0 Å². The molecular weight excluding hydrogens is 329 g/mol. The van der Waals surface area contributed by atoms with Crippen molar-refractivity contribution >= 4 is 16.8 Å². The van der Waals surface area contributed by atoms with Crippen LogP contribution >= 0.6 is 0 Å². The van der Waals surface area contributed by atoms with Gasteiger partial charge in [-0.1, -0.05) is 18.2 Å². The molecule has 1 unspecified atom stereocenters. The number of halogens is 3. The van der Waals surface area contributed by atoms with E-state index in [9.17, 15) is 18.0 Å². The zero-order valence-corrected chi connectivity index (χ0v) is 13.2. The minimum atomic E-state index is -4.40. The highest BCUT2D eigenvalue weighted by Crippen LogP contribution is 2.31. The van der Waals surface area contributed by atoms with Crippen molar-refractivity contribution in [2.45, 2.75) is 25.1 Å². The molecule has 2 aromatic carbocycles. The molecule has 3 nitrogen and oxygen atoms in total. The highest BCUT2D eigenvalue weighted by molar-refractivity contribution is 5.94. The Morgan fingerprint density at radius 2 is 1.76 bits per heavy atom. The van der Waals surface area contributed by atoms with Crippen LogP contribution in [0.25, 0.3) is 10.9 Å². The molecule has 128 valence electrons. The molecule has 0 aliphatic heterocycles. The number of rotatable bonds is 2. The lowest BCUT2D eigenvalue weighted by Gasteiger charge is -2.13. The third kappa shape index (κ3) is 2.88. The third-order valence-corrected chi connectivity index (χ3v) is 4.61. The van der Waals surface area contributed by atoms with Gasteiger partial charge < -0.3 is 10.3 Å². The zero-order valence-electron chi connectivity index (χ0n) is 13.2. The number of nitrogens with one attached hydrogen (secondary N) is 2. The maximum atomic E-state index is 12.6. The summed E-state index contributed by atoms with van der Waals surface area (Å²) in [5, 5.41) is 4.07. The number of alkyl halides is 3. The van der Waals surface area contributed by atoms with Gasteiger partial charge in [-0.3, -0.25) is 4.79 Å². The van der Waals surface area contributed by atoms with E-state index in [1.807, 2.05) is 24.3 Å². The molecule has 1 heterocycles. The third-order valence-electron chi connectivity index (χ3n) is 4.61. The van der Waals surface area contributed by atoms with Crippen molar-refractivity contribution in [2.24, 2.45) is 0 Å². The van der Waals surface area contributed by atoms with Gasteiger partial charge in [0.15, 0.2) is 0 Å². The number of aromatic amines is 1. The molecule has 1 amide bonds. The fourth-order valence-electron chi connectivity index (χ4n) is 3.41. The molecule has 0 radical (unpaired) electrons. The number of H-pyrrole nitrogens is 1. The summed E-state index contributed by atoms with van der Waals surface area (Å²) in [6.07, 6.45) is -2.99. The molecule has 0 spiro atoms. The first-order chi connectivity index (χ1) is 11.9. The standard InChI is InChI=1S/C19H15F3N2O/c20-19(21,22)12-7-5-11(6-8-12)18(25)23-13-9-15-14-3-1-2-4-16(14)24-17(15)10-13/h1-8,13,24H,9-10H2,(H,23,25). The maximum Gasteiger partial charge on any atom is 0.416 e. The van der Waals surface area contributed by atoms with Crippen LogP contribution in [0.3, 0.4) is 0 Å². The Hall–Kier alpha value is -2.76. The summed E-state index contributed by atoms with van der Waals surface area (Å²) >= 11 is 0. The first kappa shape index (κ1) is 15.7. The SMILES string of the molecule is O=C(NC1Cc2[nH]c3ccccc3c2C1)c1ccc(C(F)(F)F)cc1. The van der Waals surface area contributed by atoms with Crippen molar-refractivity contribution in [3.05, 3.63) is 70.9 Å². The van der Waals surface area contributed by atoms with Gasteiger partial charge in [-0.25, -0.2) is 0 Å². The summed E-state index contributed by atoms with van der Waals surface area (Å²) in [5.41, 5.74) is 2.87. The molecule has 1 aromatic heterocycles. The topological polar surface area (TPSA) is 44.9 Å². The van der Waals surface area contributed by atoms with Gasteiger partial charge in [0.05, 0.1) is 5.56 Å². The summed E-state index contributed by atoms with van der Waals surface area (Å²) in [6.45, 7) is 0. The number of carbonyl (C=O) groups excluding carboxylic acids is 1. The van der Waals surface area contributed by atoms with Crippen LogP contribution in [0.4, 0.5) is 13.2 Å². The second kappa shape index (κ2) is 5.65. The molecule has 4 rings (SSSR count). The van der Waals surface area contributed by atoms with Gasteiger partial charge >= 0.3 is 6.18 Å². The Kier molecular flexibility index (Phi) is 3.56. The van der Waals surface area contributed by atoms with Gasteiger partial charge in [0.25, 0.3) is 5.91 Å². The molecule has 0 bridgehead atoms. The number of fused-ring (bicyclic) bond motifs is 3. The first-order valence-corrected chi connectivity index (χ1v) is 7.98. The van der Waals surface area contributed by atoms with Gasteiger partial charge in [0, 0.05) is 34.6 Å². The number of carbonyl (C=O) groups is 1. The molecule has 25 heavy (non-hydrogen) atoms. The summed E-state index contributed by atoms with van der Waals surface area (Å²) in [4.78, 5) is 15.7. The fourth-order valence-corrected chi connectivity index (χ4v) is 3.41. The Bertz CT molecular complexity index is 941. The summed E-state index contributed by atoms with van der Waals surface area (Å²) in [6, 6.07) is 12.2. The van der Waals surface area contributed by atoms with E-state index in [0.717, 1.165) is 28.7 Å². The number of hydrogen-bond donors (Lipinski definition) is 2. The lowest BCUT2D eigenvalue weighted by molar-refractivity contribution is -0.137. The van der Waals surface area contributed by atoms with Gasteiger partial charge in [0.1, 0.15) is 0 Å². The molecule has 1 aliphatic rings.